The monoisotopic (exact) mass is 427 g/mol. The fourth-order valence-corrected chi connectivity index (χ4v) is 4.55. The minimum absolute atomic E-state index is 0.152. The zero-order chi connectivity index (χ0) is 20.5. The Balaban J connectivity index is 1.59. The van der Waals surface area contributed by atoms with Gasteiger partial charge in [0.05, 0.1) is 20.9 Å². The van der Waals surface area contributed by atoms with Crippen LogP contribution in [0.3, 0.4) is 0 Å². The number of amides is 1. The van der Waals surface area contributed by atoms with Crippen molar-refractivity contribution in [2.75, 3.05) is 5.32 Å². The zero-order valence-corrected chi connectivity index (χ0v) is 16.5. The lowest BCUT2D eigenvalue weighted by Gasteiger charge is -2.07. The van der Waals surface area contributed by atoms with Crippen LogP contribution in [0.5, 0.6) is 0 Å². The number of thiazole rings is 1. The van der Waals surface area contributed by atoms with Gasteiger partial charge in [-0.15, -0.1) is 11.3 Å². The number of rotatable bonds is 5. The molecule has 4 rings (SSSR count). The lowest BCUT2D eigenvalue weighted by molar-refractivity contribution is -0.387. The Labute approximate surface area is 171 Å². The molecule has 0 unspecified atom stereocenters. The number of aromatic nitrogens is 3. The summed E-state index contributed by atoms with van der Waals surface area (Å²) in [7, 11) is 0. The highest BCUT2D eigenvalue weighted by Crippen LogP contribution is 2.36. The van der Waals surface area contributed by atoms with Crippen molar-refractivity contribution in [3.05, 3.63) is 73.6 Å². The summed E-state index contributed by atoms with van der Waals surface area (Å²) in [6, 6.07) is 9.21. The van der Waals surface area contributed by atoms with E-state index in [4.69, 9.17) is 0 Å². The molecular weight excluding hydrogens is 414 g/mol. The maximum Gasteiger partial charge on any atom is 0.323 e. The molecule has 0 saturated carbocycles. The van der Waals surface area contributed by atoms with Crippen LogP contribution >= 0.6 is 23.1 Å². The smallest absolute Gasteiger partial charge is 0.322 e. The summed E-state index contributed by atoms with van der Waals surface area (Å²) in [4.78, 5) is 44.8. The third-order valence-electron chi connectivity index (χ3n) is 3.99. The zero-order valence-electron chi connectivity index (χ0n) is 14.9. The van der Waals surface area contributed by atoms with E-state index >= 15 is 0 Å². The number of nitrogens with one attached hydrogen (secondary N) is 3. The standard InChI is InChI=1S/C18H13N5O4S2/c1-9-8-28-18(19-9)29-15-5-2-10(6-14(15)23(26)27)16(24)20-11-3-4-12-13(7-11)22-17(25)21-12/h2-8H,1H3,(H,20,24)(H2,21,22,25). The molecule has 2 aromatic heterocycles. The van der Waals surface area contributed by atoms with Gasteiger partial charge in [-0.2, -0.15) is 0 Å². The first-order chi connectivity index (χ1) is 13.9. The number of nitro groups is 1. The van der Waals surface area contributed by atoms with Gasteiger partial charge in [0.1, 0.15) is 0 Å². The first-order valence-electron chi connectivity index (χ1n) is 8.31. The number of aromatic amines is 2. The Morgan fingerprint density at radius 1 is 1.21 bits per heavy atom. The number of hydrogen-bond donors (Lipinski definition) is 3. The van der Waals surface area contributed by atoms with E-state index in [1.54, 1.807) is 24.3 Å². The molecule has 0 aliphatic heterocycles. The van der Waals surface area contributed by atoms with Gasteiger partial charge in [-0.05, 0) is 37.3 Å². The van der Waals surface area contributed by atoms with E-state index in [1.165, 1.54) is 35.2 Å². The number of carbonyl (C=O) groups excluding carboxylic acids is 1. The Kier molecular flexibility index (Phi) is 4.91. The second-order valence-corrected chi connectivity index (χ2v) is 8.24. The molecule has 9 nitrogen and oxygen atoms in total. The lowest BCUT2D eigenvalue weighted by atomic mass is 10.2. The van der Waals surface area contributed by atoms with Crippen LogP contribution in [0.15, 0.2) is 55.8 Å². The van der Waals surface area contributed by atoms with Crippen molar-refractivity contribution in [3.63, 3.8) is 0 Å². The molecule has 29 heavy (non-hydrogen) atoms. The number of hydrogen-bond acceptors (Lipinski definition) is 7. The molecule has 0 radical (unpaired) electrons. The van der Waals surface area contributed by atoms with E-state index in [2.05, 4.69) is 20.3 Å². The highest BCUT2D eigenvalue weighted by molar-refractivity contribution is 8.01. The summed E-state index contributed by atoms with van der Waals surface area (Å²) >= 11 is 2.59. The first-order valence-corrected chi connectivity index (χ1v) is 10.0. The van der Waals surface area contributed by atoms with E-state index in [0.717, 1.165) is 5.69 Å². The SMILES string of the molecule is Cc1csc(Sc2ccc(C(=O)Nc3ccc4[nH]c(=O)[nH]c4c3)cc2[N+](=O)[O-])n1. The summed E-state index contributed by atoms with van der Waals surface area (Å²) in [5, 5.41) is 16.1. The van der Waals surface area contributed by atoms with Gasteiger partial charge in [0, 0.05) is 28.4 Å². The number of benzene rings is 2. The van der Waals surface area contributed by atoms with Gasteiger partial charge >= 0.3 is 5.69 Å². The number of nitro benzene ring substituents is 1. The van der Waals surface area contributed by atoms with Gasteiger partial charge in [0.15, 0.2) is 4.34 Å². The summed E-state index contributed by atoms with van der Waals surface area (Å²) in [6.07, 6.45) is 0. The maximum absolute atomic E-state index is 12.6. The van der Waals surface area contributed by atoms with Gasteiger partial charge in [0.25, 0.3) is 11.6 Å². The molecule has 11 heteroatoms. The predicted molar refractivity (Wildman–Crippen MR) is 111 cm³/mol. The van der Waals surface area contributed by atoms with Crippen LogP contribution in [-0.2, 0) is 0 Å². The van der Waals surface area contributed by atoms with E-state index in [-0.39, 0.29) is 16.9 Å². The topological polar surface area (TPSA) is 134 Å². The van der Waals surface area contributed by atoms with E-state index in [9.17, 15) is 19.7 Å². The second-order valence-electron chi connectivity index (χ2n) is 6.09. The van der Waals surface area contributed by atoms with Crippen LogP contribution in [0.1, 0.15) is 16.1 Å². The summed E-state index contributed by atoms with van der Waals surface area (Å²) in [5.41, 5.74) is 2.10. The molecule has 2 heterocycles. The Morgan fingerprint density at radius 3 is 2.72 bits per heavy atom. The third kappa shape index (κ3) is 4.05. The summed E-state index contributed by atoms with van der Waals surface area (Å²) in [5.74, 6) is -0.494. The lowest BCUT2D eigenvalue weighted by Crippen LogP contribution is -2.12. The Bertz CT molecular complexity index is 1310. The summed E-state index contributed by atoms with van der Waals surface area (Å²) < 4.78 is 0.691. The molecule has 4 aromatic rings. The Morgan fingerprint density at radius 2 is 2.00 bits per heavy atom. The van der Waals surface area contributed by atoms with Crippen LogP contribution in [-0.4, -0.2) is 25.8 Å². The number of fused-ring (bicyclic) bond motifs is 1. The number of carbonyl (C=O) groups is 1. The molecule has 2 aromatic carbocycles. The van der Waals surface area contributed by atoms with Crippen LogP contribution in [0, 0.1) is 17.0 Å². The average molecular weight is 427 g/mol. The van der Waals surface area contributed by atoms with Gasteiger partial charge in [-0.25, -0.2) is 9.78 Å². The van der Waals surface area contributed by atoms with Crippen LogP contribution in [0.25, 0.3) is 11.0 Å². The van der Waals surface area contributed by atoms with Gasteiger partial charge in [-0.1, -0.05) is 11.8 Å². The van der Waals surface area contributed by atoms with Crippen molar-refractivity contribution < 1.29 is 9.72 Å². The number of imidazole rings is 1. The van der Waals surface area contributed by atoms with Gasteiger partial charge in [-0.3, -0.25) is 14.9 Å². The van der Waals surface area contributed by atoms with Crippen LogP contribution in [0.4, 0.5) is 11.4 Å². The van der Waals surface area contributed by atoms with E-state index in [1.807, 2.05) is 12.3 Å². The fourth-order valence-electron chi connectivity index (χ4n) is 2.67. The van der Waals surface area contributed by atoms with Crippen molar-refractivity contribution >= 4 is 51.4 Å². The van der Waals surface area contributed by atoms with Crippen molar-refractivity contribution in [2.24, 2.45) is 0 Å². The highest BCUT2D eigenvalue weighted by Gasteiger charge is 2.19. The van der Waals surface area contributed by atoms with Crippen LogP contribution in [0.2, 0.25) is 0 Å². The predicted octanol–water partition coefficient (Wildman–Crippen LogP) is 3.93. The van der Waals surface area contributed by atoms with Crippen molar-refractivity contribution in [3.8, 4) is 0 Å². The fraction of sp³-hybridized carbons (Fsp3) is 0.0556. The summed E-state index contributed by atoms with van der Waals surface area (Å²) in [6.45, 7) is 1.85. The maximum atomic E-state index is 12.6. The highest BCUT2D eigenvalue weighted by atomic mass is 32.2. The average Bonchev–Trinajstić information content (AvgIpc) is 3.25. The minimum atomic E-state index is -0.518. The number of anilines is 1. The largest absolute Gasteiger partial charge is 0.323 e. The van der Waals surface area contributed by atoms with Crippen molar-refractivity contribution in [1.29, 1.82) is 0 Å². The normalized spacial score (nSPS) is 10.9. The molecule has 0 atom stereocenters. The number of aryl methyl sites for hydroxylation is 1. The molecule has 0 saturated heterocycles. The Hall–Kier alpha value is -3.44. The minimum Gasteiger partial charge on any atom is -0.322 e. The van der Waals surface area contributed by atoms with E-state index in [0.29, 0.717) is 26.0 Å². The second kappa shape index (κ2) is 7.53. The van der Waals surface area contributed by atoms with Gasteiger partial charge < -0.3 is 15.3 Å². The number of nitrogens with zero attached hydrogens (tertiary/aromatic N) is 2. The molecule has 0 bridgehead atoms. The first kappa shape index (κ1) is 18.9. The molecule has 1 amide bonds. The molecule has 0 aliphatic carbocycles. The molecule has 0 fully saturated rings. The van der Waals surface area contributed by atoms with Gasteiger partial charge in [0.2, 0.25) is 0 Å². The molecule has 3 N–H and O–H groups in total. The molecule has 146 valence electrons. The van der Waals surface area contributed by atoms with Crippen LogP contribution < -0.4 is 11.0 Å². The van der Waals surface area contributed by atoms with E-state index < -0.39 is 10.8 Å². The molecular formula is C18H13N5O4S2. The third-order valence-corrected chi connectivity index (χ3v) is 6.11. The van der Waals surface area contributed by atoms with Crippen molar-refractivity contribution in [1.82, 2.24) is 15.0 Å². The molecule has 0 aliphatic rings. The quantitative estimate of drug-likeness (QED) is 0.326. The number of H-pyrrole nitrogens is 2. The van der Waals surface area contributed by atoms with Crippen molar-refractivity contribution in [2.45, 2.75) is 16.2 Å². The molecule has 0 spiro atoms.